The Kier molecular flexibility index (Phi) is 2.89. The first-order valence-corrected chi connectivity index (χ1v) is 7.09. The molecule has 6 heteroatoms. The molecule has 0 bridgehead atoms. The molecule has 6 nitrogen and oxygen atoms in total. The van der Waals surface area contributed by atoms with Crippen LogP contribution in [0.15, 0.2) is 33.4 Å². The minimum Gasteiger partial charge on any atom is -0.463 e. The van der Waals surface area contributed by atoms with Gasteiger partial charge in [-0.05, 0) is 24.2 Å². The summed E-state index contributed by atoms with van der Waals surface area (Å²) in [6.07, 6.45) is 1.68. The van der Waals surface area contributed by atoms with Crippen molar-refractivity contribution in [1.82, 2.24) is 15.5 Å². The van der Waals surface area contributed by atoms with E-state index in [9.17, 15) is 0 Å². The van der Waals surface area contributed by atoms with Gasteiger partial charge < -0.3 is 19.2 Å². The van der Waals surface area contributed by atoms with Crippen LogP contribution in [0.2, 0.25) is 0 Å². The molecule has 1 aromatic carbocycles. The van der Waals surface area contributed by atoms with E-state index >= 15 is 0 Å². The molecule has 0 aliphatic carbocycles. The number of piperazine rings is 1. The summed E-state index contributed by atoms with van der Waals surface area (Å²) in [4.78, 5) is 6.64. The number of fused-ring (bicyclic) bond motifs is 1. The molecule has 0 atom stereocenters. The zero-order chi connectivity index (χ0) is 14.2. The summed E-state index contributed by atoms with van der Waals surface area (Å²) in [5.41, 5.74) is 2.85. The van der Waals surface area contributed by atoms with Crippen molar-refractivity contribution in [2.75, 3.05) is 31.1 Å². The molecule has 0 saturated carbocycles. The lowest BCUT2D eigenvalue weighted by atomic mass is 10.1. The molecule has 0 spiro atoms. The van der Waals surface area contributed by atoms with Gasteiger partial charge in [0.15, 0.2) is 0 Å². The predicted molar refractivity (Wildman–Crippen MR) is 79.3 cm³/mol. The minimum atomic E-state index is 0.507. The van der Waals surface area contributed by atoms with Crippen LogP contribution in [0.25, 0.3) is 22.4 Å². The lowest BCUT2D eigenvalue weighted by Crippen LogP contribution is -2.44. The summed E-state index contributed by atoms with van der Waals surface area (Å²) >= 11 is 0. The SMILES string of the molecule is Cc1ccc2occ(-c3nc(N4CCNCC4)no3)c2c1. The molecule has 3 heterocycles. The molecular formula is C15H16N4O2. The standard InChI is InChI=1S/C15H16N4O2/c1-10-2-3-13-11(8-10)12(9-20-13)14-17-15(18-21-14)19-6-4-16-5-7-19/h2-3,8-9,16H,4-7H2,1H3. The average Bonchev–Trinajstić information content (AvgIpc) is 3.14. The van der Waals surface area contributed by atoms with Crippen molar-refractivity contribution in [3.63, 3.8) is 0 Å². The Morgan fingerprint density at radius 2 is 2.10 bits per heavy atom. The minimum absolute atomic E-state index is 0.507. The van der Waals surface area contributed by atoms with Crippen LogP contribution in [0.1, 0.15) is 5.56 Å². The Balaban J connectivity index is 1.72. The van der Waals surface area contributed by atoms with E-state index in [2.05, 4.69) is 33.3 Å². The maximum Gasteiger partial charge on any atom is 0.266 e. The first-order valence-electron chi connectivity index (χ1n) is 7.09. The van der Waals surface area contributed by atoms with E-state index in [4.69, 9.17) is 8.94 Å². The lowest BCUT2D eigenvalue weighted by Gasteiger charge is -2.25. The van der Waals surface area contributed by atoms with Crippen molar-refractivity contribution in [3.05, 3.63) is 30.0 Å². The van der Waals surface area contributed by atoms with Gasteiger partial charge in [0.25, 0.3) is 11.8 Å². The number of aromatic nitrogens is 2. The van der Waals surface area contributed by atoms with Crippen LogP contribution < -0.4 is 10.2 Å². The molecule has 21 heavy (non-hydrogen) atoms. The van der Waals surface area contributed by atoms with Gasteiger partial charge in [-0.3, -0.25) is 0 Å². The average molecular weight is 284 g/mol. The van der Waals surface area contributed by atoms with Crippen LogP contribution in [0.5, 0.6) is 0 Å². The molecule has 0 amide bonds. The van der Waals surface area contributed by atoms with Crippen LogP contribution in [-0.4, -0.2) is 36.3 Å². The molecule has 2 aromatic heterocycles. The molecule has 1 fully saturated rings. The van der Waals surface area contributed by atoms with Gasteiger partial charge in [-0.1, -0.05) is 11.6 Å². The van der Waals surface area contributed by atoms with Gasteiger partial charge in [-0.15, -0.1) is 0 Å². The lowest BCUT2D eigenvalue weighted by molar-refractivity contribution is 0.426. The van der Waals surface area contributed by atoms with Gasteiger partial charge in [0.05, 0.1) is 5.56 Å². The maximum atomic E-state index is 5.56. The van der Waals surface area contributed by atoms with E-state index < -0.39 is 0 Å². The molecule has 1 aliphatic heterocycles. The smallest absolute Gasteiger partial charge is 0.266 e. The highest BCUT2D eigenvalue weighted by molar-refractivity contribution is 5.92. The second-order valence-corrected chi connectivity index (χ2v) is 5.29. The van der Waals surface area contributed by atoms with Crippen LogP contribution >= 0.6 is 0 Å². The van der Waals surface area contributed by atoms with Gasteiger partial charge >= 0.3 is 0 Å². The second-order valence-electron chi connectivity index (χ2n) is 5.29. The zero-order valence-corrected chi connectivity index (χ0v) is 11.8. The molecule has 1 aliphatic rings. The molecule has 1 N–H and O–H groups in total. The number of rotatable bonds is 2. The Morgan fingerprint density at radius 3 is 2.95 bits per heavy atom. The van der Waals surface area contributed by atoms with E-state index in [0.717, 1.165) is 42.7 Å². The predicted octanol–water partition coefficient (Wildman–Crippen LogP) is 2.20. The third-order valence-electron chi connectivity index (χ3n) is 3.77. The van der Waals surface area contributed by atoms with Crippen molar-refractivity contribution >= 4 is 16.9 Å². The van der Waals surface area contributed by atoms with E-state index in [-0.39, 0.29) is 0 Å². The largest absolute Gasteiger partial charge is 0.463 e. The summed E-state index contributed by atoms with van der Waals surface area (Å²) in [6.45, 7) is 5.72. The Hall–Kier alpha value is -2.34. The van der Waals surface area contributed by atoms with Crippen molar-refractivity contribution in [2.45, 2.75) is 6.92 Å². The number of hydrogen-bond acceptors (Lipinski definition) is 6. The number of benzene rings is 1. The number of nitrogens with zero attached hydrogens (tertiary/aromatic N) is 3. The van der Waals surface area contributed by atoms with Crippen molar-refractivity contribution < 1.29 is 8.94 Å². The third-order valence-corrected chi connectivity index (χ3v) is 3.77. The van der Waals surface area contributed by atoms with Crippen molar-refractivity contribution in [2.24, 2.45) is 0 Å². The highest BCUT2D eigenvalue weighted by Gasteiger charge is 2.19. The monoisotopic (exact) mass is 284 g/mol. The zero-order valence-electron chi connectivity index (χ0n) is 11.8. The molecular weight excluding hydrogens is 268 g/mol. The molecule has 3 aromatic rings. The molecule has 108 valence electrons. The van der Waals surface area contributed by atoms with Crippen LogP contribution in [-0.2, 0) is 0 Å². The highest BCUT2D eigenvalue weighted by Crippen LogP contribution is 2.31. The number of hydrogen-bond donors (Lipinski definition) is 1. The Labute approximate surface area is 121 Å². The number of aryl methyl sites for hydroxylation is 1. The van der Waals surface area contributed by atoms with Gasteiger partial charge in [0.2, 0.25) is 0 Å². The van der Waals surface area contributed by atoms with Gasteiger partial charge in [0, 0.05) is 31.6 Å². The summed E-state index contributed by atoms with van der Waals surface area (Å²) in [5, 5.41) is 8.41. The van der Waals surface area contributed by atoms with Gasteiger partial charge in [0.1, 0.15) is 11.8 Å². The summed E-state index contributed by atoms with van der Waals surface area (Å²) in [5.74, 6) is 1.15. The van der Waals surface area contributed by atoms with E-state index in [0.29, 0.717) is 11.8 Å². The van der Waals surface area contributed by atoms with Crippen LogP contribution in [0.3, 0.4) is 0 Å². The quantitative estimate of drug-likeness (QED) is 0.778. The van der Waals surface area contributed by atoms with Crippen LogP contribution in [0, 0.1) is 6.92 Å². The van der Waals surface area contributed by atoms with E-state index in [1.807, 2.05) is 12.1 Å². The number of furan rings is 1. The van der Waals surface area contributed by atoms with E-state index in [1.54, 1.807) is 6.26 Å². The number of anilines is 1. The summed E-state index contributed by atoms with van der Waals surface area (Å²) in [6, 6.07) is 6.06. The van der Waals surface area contributed by atoms with Crippen molar-refractivity contribution in [3.8, 4) is 11.5 Å². The third kappa shape index (κ3) is 2.17. The molecule has 1 saturated heterocycles. The second kappa shape index (κ2) is 4.89. The van der Waals surface area contributed by atoms with E-state index in [1.165, 1.54) is 5.56 Å². The Bertz CT molecular complexity index is 771. The fourth-order valence-corrected chi connectivity index (χ4v) is 2.63. The van der Waals surface area contributed by atoms with Crippen LogP contribution in [0.4, 0.5) is 5.95 Å². The highest BCUT2D eigenvalue weighted by atomic mass is 16.5. The normalized spacial score (nSPS) is 15.8. The van der Waals surface area contributed by atoms with Gasteiger partial charge in [-0.25, -0.2) is 0 Å². The number of nitrogens with one attached hydrogen (secondary N) is 1. The topological polar surface area (TPSA) is 67.3 Å². The van der Waals surface area contributed by atoms with Gasteiger partial charge in [-0.2, -0.15) is 4.98 Å². The Morgan fingerprint density at radius 1 is 1.24 bits per heavy atom. The summed E-state index contributed by atoms with van der Waals surface area (Å²) in [7, 11) is 0. The molecule has 0 unspecified atom stereocenters. The maximum absolute atomic E-state index is 5.56. The fraction of sp³-hybridized carbons (Fsp3) is 0.333. The molecule has 4 rings (SSSR count). The first-order chi connectivity index (χ1) is 10.3. The van der Waals surface area contributed by atoms with Crippen molar-refractivity contribution in [1.29, 1.82) is 0 Å². The summed E-state index contributed by atoms with van der Waals surface area (Å²) < 4.78 is 11.0. The fourth-order valence-electron chi connectivity index (χ4n) is 2.63. The first kappa shape index (κ1) is 12.4. The molecule has 0 radical (unpaired) electrons.